The monoisotopic (exact) mass is 336 g/mol. The zero-order valence-corrected chi connectivity index (χ0v) is 13.6. The Bertz CT molecular complexity index is 837. The minimum atomic E-state index is 0.0911. The van der Waals surface area contributed by atoms with Crippen molar-refractivity contribution >= 4 is 28.3 Å². The smallest absolute Gasteiger partial charge is 0.171 e. The largest absolute Gasteiger partial charge is 0.508 e. The zero-order valence-electron chi connectivity index (χ0n) is 12.8. The molecule has 5 heteroatoms. The van der Waals surface area contributed by atoms with Gasteiger partial charge in [-0.05, 0) is 54.2 Å². The van der Waals surface area contributed by atoms with Crippen LogP contribution < -0.4 is 5.32 Å². The van der Waals surface area contributed by atoms with Gasteiger partial charge in [0.25, 0.3) is 0 Å². The van der Waals surface area contributed by atoms with E-state index in [2.05, 4.69) is 10.3 Å². The predicted octanol–water partition coefficient (Wildman–Crippen LogP) is 4.99. The van der Waals surface area contributed by atoms with Crippen molar-refractivity contribution in [2.45, 2.75) is 4.90 Å². The van der Waals surface area contributed by atoms with Crippen molar-refractivity contribution in [1.82, 2.24) is 0 Å². The maximum atomic E-state index is 10.0. The van der Waals surface area contributed by atoms with Gasteiger partial charge in [0.05, 0.1) is 10.6 Å². The third-order valence-corrected chi connectivity index (χ3v) is 4.10. The molecular weight excluding hydrogens is 320 g/mol. The molecule has 4 nitrogen and oxygen atoms in total. The van der Waals surface area contributed by atoms with Crippen molar-refractivity contribution < 1.29 is 10.2 Å². The number of phenols is 2. The molecule has 3 N–H and O–H groups in total. The van der Waals surface area contributed by atoms with Crippen molar-refractivity contribution in [3.8, 4) is 11.5 Å². The van der Waals surface area contributed by atoms with Gasteiger partial charge in [0.15, 0.2) is 5.17 Å². The number of phenolic OH excluding ortho intramolecular Hbond substituents is 2. The molecule has 0 bridgehead atoms. The van der Waals surface area contributed by atoms with E-state index in [-0.39, 0.29) is 11.5 Å². The lowest BCUT2D eigenvalue weighted by atomic mass is 10.3. The number of para-hydroxylation sites is 2. The van der Waals surface area contributed by atoms with Gasteiger partial charge in [-0.1, -0.05) is 36.4 Å². The van der Waals surface area contributed by atoms with E-state index in [4.69, 9.17) is 0 Å². The summed E-state index contributed by atoms with van der Waals surface area (Å²) in [5.74, 6) is 0.183. The second-order valence-electron chi connectivity index (χ2n) is 5.00. The molecule has 3 rings (SSSR count). The van der Waals surface area contributed by atoms with Gasteiger partial charge in [0.1, 0.15) is 11.5 Å². The second-order valence-corrected chi connectivity index (χ2v) is 6.03. The molecule has 0 aliphatic rings. The Morgan fingerprint density at radius 1 is 0.833 bits per heavy atom. The Balaban J connectivity index is 1.92. The molecule has 0 saturated carbocycles. The van der Waals surface area contributed by atoms with Crippen LogP contribution in [0.5, 0.6) is 11.5 Å². The summed E-state index contributed by atoms with van der Waals surface area (Å²) in [6.45, 7) is 0. The van der Waals surface area contributed by atoms with Crippen LogP contribution in [0, 0.1) is 0 Å². The molecule has 0 aliphatic carbocycles. The molecule has 0 radical (unpaired) electrons. The van der Waals surface area contributed by atoms with E-state index in [0.29, 0.717) is 10.1 Å². The number of aliphatic imine (C=N–C) groups is 1. The molecule has 24 heavy (non-hydrogen) atoms. The number of rotatable bonds is 3. The number of benzene rings is 3. The highest BCUT2D eigenvalue weighted by atomic mass is 32.2. The molecule has 0 amide bonds. The number of nitrogens with zero attached hydrogens (tertiary/aromatic N) is 1. The van der Waals surface area contributed by atoms with E-state index in [1.165, 1.54) is 30.0 Å². The molecule has 0 spiro atoms. The third-order valence-electron chi connectivity index (χ3n) is 3.16. The first-order valence-corrected chi connectivity index (χ1v) is 8.18. The maximum absolute atomic E-state index is 10.0. The highest BCUT2D eigenvalue weighted by Gasteiger charge is 2.09. The topological polar surface area (TPSA) is 64.8 Å². The van der Waals surface area contributed by atoms with Crippen molar-refractivity contribution in [3.63, 3.8) is 0 Å². The lowest BCUT2D eigenvalue weighted by Crippen LogP contribution is -2.07. The fourth-order valence-corrected chi connectivity index (χ4v) is 2.91. The molecule has 3 aromatic rings. The summed E-state index contributed by atoms with van der Waals surface area (Å²) in [7, 11) is 0. The summed E-state index contributed by atoms with van der Waals surface area (Å²) in [5, 5.41) is 23.5. The fourth-order valence-electron chi connectivity index (χ4n) is 2.03. The van der Waals surface area contributed by atoms with E-state index in [1.54, 1.807) is 0 Å². The van der Waals surface area contributed by atoms with Crippen LogP contribution in [0.1, 0.15) is 0 Å². The molecule has 0 aliphatic heterocycles. The summed E-state index contributed by atoms with van der Waals surface area (Å²) in [6.07, 6.45) is 0. The van der Waals surface area contributed by atoms with Crippen LogP contribution in [-0.4, -0.2) is 15.4 Å². The fraction of sp³-hybridized carbons (Fsp3) is 0. The Labute approximate surface area is 144 Å². The number of hydrogen-bond acceptors (Lipinski definition) is 4. The van der Waals surface area contributed by atoms with E-state index < -0.39 is 0 Å². The molecule has 0 atom stereocenters. The Hall–Kier alpha value is -2.92. The van der Waals surface area contributed by atoms with Crippen LogP contribution in [-0.2, 0) is 0 Å². The summed E-state index contributed by atoms with van der Waals surface area (Å²) in [5.41, 5.74) is 1.68. The predicted molar refractivity (Wildman–Crippen MR) is 99.2 cm³/mol. The van der Waals surface area contributed by atoms with E-state index in [9.17, 15) is 10.2 Å². The summed E-state index contributed by atoms with van der Waals surface area (Å²) < 4.78 is 0. The summed E-state index contributed by atoms with van der Waals surface area (Å²) >= 11 is 1.25. The molecule has 0 aromatic heterocycles. The van der Waals surface area contributed by atoms with Crippen LogP contribution >= 0.6 is 11.8 Å². The minimum absolute atomic E-state index is 0.0911. The van der Waals surface area contributed by atoms with E-state index >= 15 is 0 Å². The SMILES string of the molecule is Oc1ccc(O)c(SC(=Nc2ccccc2)Nc2ccccc2)c1. The van der Waals surface area contributed by atoms with Crippen molar-refractivity contribution in [1.29, 1.82) is 0 Å². The highest BCUT2D eigenvalue weighted by Crippen LogP contribution is 2.33. The van der Waals surface area contributed by atoms with Gasteiger partial charge < -0.3 is 15.5 Å². The quantitative estimate of drug-likeness (QED) is 0.273. The lowest BCUT2D eigenvalue weighted by molar-refractivity contribution is 0.449. The molecule has 0 unspecified atom stereocenters. The van der Waals surface area contributed by atoms with Gasteiger partial charge in [0.2, 0.25) is 0 Å². The van der Waals surface area contributed by atoms with Crippen LogP contribution in [0.2, 0.25) is 0 Å². The molecule has 0 saturated heterocycles. The number of thioether (sulfide) groups is 1. The Morgan fingerprint density at radius 2 is 1.50 bits per heavy atom. The molecule has 0 fully saturated rings. The van der Waals surface area contributed by atoms with Gasteiger partial charge in [0, 0.05) is 5.69 Å². The molecule has 120 valence electrons. The van der Waals surface area contributed by atoms with Gasteiger partial charge in [-0.2, -0.15) is 0 Å². The number of nitrogens with one attached hydrogen (secondary N) is 1. The molecule has 3 aromatic carbocycles. The first-order chi connectivity index (χ1) is 11.7. The average Bonchev–Trinajstić information content (AvgIpc) is 2.60. The average molecular weight is 336 g/mol. The van der Waals surface area contributed by atoms with E-state index in [0.717, 1.165) is 11.4 Å². The normalized spacial score (nSPS) is 11.2. The van der Waals surface area contributed by atoms with Crippen LogP contribution in [0.15, 0.2) is 88.8 Å². The summed E-state index contributed by atoms with van der Waals surface area (Å²) in [6, 6.07) is 23.6. The van der Waals surface area contributed by atoms with Crippen molar-refractivity contribution in [2.24, 2.45) is 4.99 Å². The highest BCUT2D eigenvalue weighted by molar-refractivity contribution is 8.14. The summed E-state index contributed by atoms with van der Waals surface area (Å²) in [4.78, 5) is 5.12. The number of amidine groups is 1. The lowest BCUT2D eigenvalue weighted by Gasteiger charge is -2.11. The number of hydrogen-bond donors (Lipinski definition) is 3. The van der Waals surface area contributed by atoms with Crippen LogP contribution in [0.4, 0.5) is 11.4 Å². The standard InChI is InChI=1S/C19H16N2O2S/c22-16-11-12-17(23)18(13-16)24-19(20-14-7-3-1-4-8-14)21-15-9-5-2-6-10-15/h1-13,22-23H,(H,20,21). The number of aromatic hydroxyl groups is 2. The Morgan fingerprint density at radius 3 is 2.21 bits per heavy atom. The zero-order chi connectivity index (χ0) is 16.8. The number of anilines is 1. The molecular formula is C19H16N2O2S. The Kier molecular flexibility index (Phi) is 5.03. The van der Waals surface area contributed by atoms with Crippen LogP contribution in [0.25, 0.3) is 0 Å². The van der Waals surface area contributed by atoms with Gasteiger partial charge in [-0.15, -0.1) is 0 Å². The first kappa shape index (κ1) is 16.0. The van der Waals surface area contributed by atoms with Crippen molar-refractivity contribution in [3.05, 3.63) is 78.9 Å². The molecule has 0 heterocycles. The van der Waals surface area contributed by atoms with E-state index in [1.807, 2.05) is 60.7 Å². The van der Waals surface area contributed by atoms with Gasteiger partial charge >= 0.3 is 0 Å². The second kappa shape index (κ2) is 7.57. The van der Waals surface area contributed by atoms with Crippen molar-refractivity contribution in [2.75, 3.05) is 5.32 Å². The first-order valence-electron chi connectivity index (χ1n) is 7.36. The van der Waals surface area contributed by atoms with Crippen LogP contribution in [0.3, 0.4) is 0 Å². The maximum Gasteiger partial charge on any atom is 0.171 e. The van der Waals surface area contributed by atoms with Gasteiger partial charge in [-0.3, -0.25) is 0 Å². The minimum Gasteiger partial charge on any atom is -0.508 e. The third kappa shape index (κ3) is 4.30. The van der Waals surface area contributed by atoms with Gasteiger partial charge in [-0.25, -0.2) is 4.99 Å².